The van der Waals surface area contributed by atoms with Crippen molar-refractivity contribution in [2.24, 2.45) is 11.7 Å². The molecule has 0 aliphatic carbocycles. The molecule has 0 aromatic heterocycles. The molecule has 0 radical (unpaired) electrons. The molecule has 0 saturated heterocycles. The van der Waals surface area contributed by atoms with Crippen LogP contribution in [0.2, 0.25) is 0 Å². The molecule has 5 nitrogen and oxygen atoms in total. The van der Waals surface area contributed by atoms with Crippen LogP contribution in [0.25, 0.3) is 0 Å². The smallest absolute Gasteiger partial charge is 0.304 e. The highest BCUT2D eigenvalue weighted by molar-refractivity contribution is 5.68. The van der Waals surface area contributed by atoms with Crippen LogP contribution >= 0.6 is 0 Å². The molecule has 5 heteroatoms. The number of hydrogen-bond donors (Lipinski definition) is 2. The molecule has 0 saturated carbocycles. The first-order valence-corrected chi connectivity index (χ1v) is 6.70. The molecule has 0 spiro atoms. The van der Waals surface area contributed by atoms with Crippen LogP contribution in [-0.4, -0.2) is 31.3 Å². The Hall–Kier alpha value is -1.75. The quantitative estimate of drug-likeness (QED) is 0.763. The van der Waals surface area contributed by atoms with Gasteiger partial charge >= 0.3 is 5.97 Å². The third kappa shape index (κ3) is 4.74. The number of benzene rings is 1. The van der Waals surface area contributed by atoms with Gasteiger partial charge in [-0.1, -0.05) is 19.9 Å². The average molecular weight is 281 g/mol. The standard InChI is InChI=1S/C15H23NO4/c1-10(2)9-20-14-6-11(4-5-13(14)19-3)12(8-16)7-15(17)18/h4-6,10,12H,7-9,16H2,1-3H3,(H,17,18). The predicted octanol–water partition coefficient (Wildman–Crippen LogP) is 2.25. The van der Waals surface area contributed by atoms with Crippen LogP contribution in [0.4, 0.5) is 0 Å². The van der Waals surface area contributed by atoms with Crippen molar-refractivity contribution < 1.29 is 19.4 Å². The summed E-state index contributed by atoms with van der Waals surface area (Å²) in [6.45, 7) is 4.97. The molecular weight excluding hydrogens is 258 g/mol. The van der Waals surface area contributed by atoms with Crippen molar-refractivity contribution in [2.45, 2.75) is 26.2 Å². The summed E-state index contributed by atoms with van der Waals surface area (Å²) >= 11 is 0. The summed E-state index contributed by atoms with van der Waals surface area (Å²) in [4.78, 5) is 10.9. The summed E-state index contributed by atoms with van der Waals surface area (Å²) in [5.41, 5.74) is 6.52. The van der Waals surface area contributed by atoms with Gasteiger partial charge in [0.15, 0.2) is 11.5 Å². The summed E-state index contributed by atoms with van der Waals surface area (Å²) in [6.07, 6.45) is 0.00640. The van der Waals surface area contributed by atoms with E-state index in [0.29, 0.717) is 24.0 Å². The first kappa shape index (κ1) is 16.3. The Kier molecular flexibility index (Phi) is 6.31. The number of aliphatic carboxylic acids is 1. The van der Waals surface area contributed by atoms with Gasteiger partial charge in [-0.2, -0.15) is 0 Å². The van der Waals surface area contributed by atoms with Crippen LogP contribution in [0.15, 0.2) is 18.2 Å². The summed E-state index contributed by atoms with van der Waals surface area (Å²) in [7, 11) is 1.58. The molecule has 0 heterocycles. The minimum absolute atomic E-state index is 0.00640. The average Bonchev–Trinajstić information content (AvgIpc) is 2.41. The molecule has 1 aromatic carbocycles. The van der Waals surface area contributed by atoms with Crippen LogP contribution in [0.1, 0.15) is 31.7 Å². The topological polar surface area (TPSA) is 81.8 Å². The normalized spacial score (nSPS) is 12.2. The first-order valence-electron chi connectivity index (χ1n) is 6.70. The van der Waals surface area contributed by atoms with Crippen LogP contribution < -0.4 is 15.2 Å². The minimum Gasteiger partial charge on any atom is -0.493 e. The van der Waals surface area contributed by atoms with Gasteiger partial charge in [0, 0.05) is 5.92 Å². The molecule has 0 aliphatic heterocycles. The van der Waals surface area contributed by atoms with E-state index in [2.05, 4.69) is 13.8 Å². The van der Waals surface area contributed by atoms with Gasteiger partial charge < -0.3 is 20.3 Å². The number of hydrogen-bond acceptors (Lipinski definition) is 4. The largest absolute Gasteiger partial charge is 0.493 e. The predicted molar refractivity (Wildman–Crippen MR) is 77.4 cm³/mol. The summed E-state index contributed by atoms with van der Waals surface area (Å²) in [5, 5.41) is 8.91. The van der Waals surface area contributed by atoms with Gasteiger partial charge in [-0.3, -0.25) is 4.79 Å². The number of nitrogens with two attached hydrogens (primary N) is 1. The molecule has 1 unspecified atom stereocenters. The molecule has 0 fully saturated rings. The zero-order valence-corrected chi connectivity index (χ0v) is 12.3. The van der Waals surface area contributed by atoms with E-state index in [1.54, 1.807) is 13.2 Å². The Morgan fingerprint density at radius 3 is 2.55 bits per heavy atom. The maximum Gasteiger partial charge on any atom is 0.304 e. The van der Waals surface area contributed by atoms with Gasteiger partial charge in [-0.15, -0.1) is 0 Å². The third-order valence-corrected chi connectivity index (χ3v) is 2.94. The number of ether oxygens (including phenoxy) is 2. The molecule has 3 N–H and O–H groups in total. The first-order chi connectivity index (χ1) is 9.47. The van der Waals surface area contributed by atoms with Crippen LogP contribution in [0, 0.1) is 5.92 Å². The van der Waals surface area contributed by atoms with Gasteiger partial charge in [-0.05, 0) is 30.2 Å². The van der Waals surface area contributed by atoms with E-state index in [-0.39, 0.29) is 18.9 Å². The zero-order valence-electron chi connectivity index (χ0n) is 12.3. The second kappa shape index (κ2) is 7.75. The Morgan fingerprint density at radius 1 is 1.35 bits per heavy atom. The second-order valence-corrected chi connectivity index (χ2v) is 5.15. The number of methoxy groups -OCH3 is 1. The number of carbonyl (C=O) groups is 1. The highest BCUT2D eigenvalue weighted by Crippen LogP contribution is 2.32. The van der Waals surface area contributed by atoms with E-state index in [4.69, 9.17) is 20.3 Å². The molecule has 20 heavy (non-hydrogen) atoms. The highest BCUT2D eigenvalue weighted by atomic mass is 16.5. The number of rotatable bonds is 8. The van der Waals surface area contributed by atoms with Gasteiger partial charge in [0.25, 0.3) is 0 Å². The monoisotopic (exact) mass is 281 g/mol. The lowest BCUT2D eigenvalue weighted by Crippen LogP contribution is -2.16. The number of carboxylic acids is 1. The van der Waals surface area contributed by atoms with E-state index < -0.39 is 5.97 Å². The van der Waals surface area contributed by atoms with Crippen LogP contribution in [-0.2, 0) is 4.79 Å². The van der Waals surface area contributed by atoms with Crippen molar-refractivity contribution in [1.29, 1.82) is 0 Å². The van der Waals surface area contributed by atoms with Gasteiger partial charge in [0.2, 0.25) is 0 Å². The zero-order chi connectivity index (χ0) is 15.1. The summed E-state index contributed by atoms with van der Waals surface area (Å²) in [6, 6.07) is 5.44. The van der Waals surface area contributed by atoms with E-state index in [9.17, 15) is 4.79 Å². The summed E-state index contributed by atoms with van der Waals surface area (Å²) in [5.74, 6) is 0.580. The molecule has 0 bridgehead atoms. The maximum atomic E-state index is 10.9. The fraction of sp³-hybridized carbons (Fsp3) is 0.533. The van der Waals surface area contributed by atoms with Crippen molar-refractivity contribution in [2.75, 3.05) is 20.3 Å². The van der Waals surface area contributed by atoms with Gasteiger partial charge in [0.1, 0.15) is 0 Å². The Bertz CT molecular complexity index is 445. The van der Waals surface area contributed by atoms with Crippen molar-refractivity contribution in [3.63, 3.8) is 0 Å². The highest BCUT2D eigenvalue weighted by Gasteiger charge is 2.16. The van der Waals surface area contributed by atoms with Gasteiger partial charge in [0.05, 0.1) is 20.1 Å². The molecule has 112 valence electrons. The van der Waals surface area contributed by atoms with Gasteiger partial charge in [-0.25, -0.2) is 0 Å². The lowest BCUT2D eigenvalue weighted by Gasteiger charge is -2.17. The van der Waals surface area contributed by atoms with E-state index >= 15 is 0 Å². The molecular formula is C15H23NO4. The van der Waals surface area contributed by atoms with Crippen molar-refractivity contribution >= 4 is 5.97 Å². The van der Waals surface area contributed by atoms with Crippen LogP contribution in [0.5, 0.6) is 11.5 Å². The SMILES string of the molecule is COc1ccc(C(CN)CC(=O)O)cc1OCC(C)C. The Morgan fingerprint density at radius 2 is 2.05 bits per heavy atom. The fourth-order valence-electron chi connectivity index (χ4n) is 1.86. The number of carboxylic acid groups (broad SMARTS) is 1. The fourth-order valence-corrected chi connectivity index (χ4v) is 1.86. The van der Waals surface area contributed by atoms with Crippen molar-refractivity contribution in [1.82, 2.24) is 0 Å². The van der Waals surface area contributed by atoms with E-state index in [1.807, 2.05) is 12.1 Å². The Balaban J connectivity index is 2.97. The summed E-state index contributed by atoms with van der Waals surface area (Å²) < 4.78 is 11.0. The Labute approximate surface area is 119 Å². The third-order valence-electron chi connectivity index (χ3n) is 2.94. The van der Waals surface area contributed by atoms with E-state index in [0.717, 1.165) is 5.56 Å². The molecule has 0 aliphatic rings. The lowest BCUT2D eigenvalue weighted by molar-refractivity contribution is -0.137. The van der Waals surface area contributed by atoms with Crippen molar-refractivity contribution in [3.05, 3.63) is 23.8 Å². The van der Waals surface area contributed by atoms with E-state index in [1.165, 1.54) is 0 Å². The molecule has 1 aromatic rings. The maximum absolute atomic E-state index is 10.9. The molecule has 0 amide bonds. The van der Waals surface area contributed by atoms with Crippen molar-refractivity contribution in [3.8, 4) is 11.5 Å². The molecule has 1 rings (SSSR count). The minimum atomic E-state index is -0.860. The second-order valence-electron chi connectivity index (χ2n) is 5.15. The molecule has 1 atom stereocenters. The van der Waals surface area contributed by atoms with Crippen LogP contribution in [0.3, 0.4) is 0 Å². The lowest BCUT2D eigenvalue weighted by atomic mass is 9.95.